The molecule has 0 saturated heterocycles. The fourth-order valence-electron chi connectivity index (χ4n) is 3.80. The summed E-state index contributed by atoms with van der Waals surface area (Å²) in [6.07, 6.45) is 0.143. The number of hydrogen-bond acceptors (Lipinski definition) is 7. The van der Waals surface area contributed by atoms with Crippen molar-refractivity contribution < 1.29 is 28.4 Å². The van der Waals surface area contributed by atoms with Gasteiger partial charge in [0.15, 0.2) is 6.61 Å². The van der Waals surface area contributed by atoms with Crippen molar-refractivity contribution >= 4 is 29.2 Å². The van der Waals surface area contributed by atoms with Crippen molar-refractivity contribution in [3.05, 3.63) is 71.1 Å². The Morgan fingerprint density at radius 1 is 1.15 bits per heavy atom. The number of esters is 1. The van der Waals surface area contributed by atoms with Crippen molar-refractivity contribution in [3.8, 4) is 5.75 Å². The topological polar surface area (TPSA) is 111 Å². The normalized spacial score (nSPS) is 15.2. The number of nitrogens with one attached hydrogen (secondary N) is 1. The first-order valence-corrected chi connectivity index (χ1v) is 10.9. The maximum atomic E-state index is 13.0. The van der Waals surface area contributed by atoms with Crippen LogP contribution in [-0.2, 0) is 20.9 Å². The highest BCUT2D eigenvalue weighted by Crippen LogP contribution is 2.31. The summed E-state index contributed by atoms with van der Waals surface area (Å²) in [5.41, 5.74) is 3.05. The molecule has 1 aliphatic rings. The third-order valence-corrected chi connectivity index (χ3v) is 5.61. The van der Waals surface area contributed by atoms with Gasteiger partial charge in [0.1, 0.15) is 18.1 Å². The summed E-state index contributed by atoms with van der Waals surface area (Å²) in [6.45, 7) is 5.29. The number of aromatic nitrogens is 1. The Morgan fingerprint density at radius 2 is 1.88 bits per heavy atom. The van der Waals surface area contributed by atoms with Crippen molar-refractivity contribution in [2.24, 2.45) is 0 Å². The number of rotatable bonds is 6. The Hall–Kier alpha value is -4.14. The smallest absolute Gasteiger partial charge is 0.338 e. The van der Waals surface area contributed by atoms with Gasteiger partial charge in [0.05, 0.1) is 28.2 Å². The van der Waals surface area contributed by atoms with Crippen molar-refractivity contribution in [1.82, 2.24) is 5.16 Å². The number of amides is 2. The number of nitrogens with zero attached hydrogens (tertiary/aromatic N) is 2. The number of benzene rings is 2. The van der Waals surface area contributed by atoms with E-state index < -0.39 is 18.5 Å². The molecule has 1 atom stereocenters. The average molecular weight is 463 g/mol. The van der Waals surface area contributed by atoms with Gasteiger partial charge in [0.25, 0.3) is 5.91 Å². The lowest BCUT2D eigenvalue weighted by atomic mass is 10.1. The second-order valence-corrected chi connectivity index (χ2v) is 8.07. The van der Waals surface area contributed by atoms with E-state index in [2.05, 4.69) is 10.5 Å². The molecule has 4 rings (SSSR count). The predicted molar refractivity (Wildman–Crippen MR) is 124 cm³/mol. The molecular formula is C25H25N3O6. The highest BCUT2D eigenvalue weighted by Gasteiger charge is 2.30. The van der Waals surface area contributed by atoms with Crippen LogP contribution in [0.15, 0.2) is 53.1 Å². The van der Waals surface area contributed by atoms with E-state index in [0.29, 0.717) is 35.1 Å². The molecule has 0 bridgehead atoms. The Balaban J connectivity index is 1.37. The Morgan fingerprint density at radius 3 is 2.59 bits per heavy atom. The van der Waals surface area contributed by atoms with Gasteiger partial charge >= 0.3 is 5.97 Å². The van der Waals surface area contributed by atoms with E-state index in [4.69, 9.17) is 14.0 Å². The van der Waals surface area contributed by atoms with Crippen LogP contribution in [0.5, 0.6) is 5.75 Å². The van der Waals surface area contributed by atoms with Gasteiger partial charge in [-0.2, -0.15) is 0 Å². The molecule has 2 heterocycles. The molecule has 3 aromatic rings. The zero-order chi connectivity index (χ0) is 24.2. The molecule has 1 N–H and O–H groups in total. The number of anilines is 2. The molecule has 2 amide bonds. The molecule has 0 spiro atoms. The van der Waals surface area contributed by atoms with Crippen LogP contribution in [0.4, 0.5) is 11.4 Å². The number of fused-ring (bicyclic) bond motifs is 1. The predicted octanol–water partition coefficient (Wildman–Crippen LogP) is 3.79. The molecule has 0 fully saturated rings. The highest BCUT2D eigenvalue weighted by atomic mass is 16.5. The van der Waals surface area contributed by atoms with Crippen LogP contribution in [0.2, 0.25) is 0 Å². The van der Waals surface area contributed by atoms with Crippen molar-refractivity contribution in [2.45, 2.75) is 39.8 Å². The zero-order valence-corrected chi connectivity index (χ0v) is 19.2. The van der Waals surface area contributed by atoms with E-state index in [1.165, 1.54) is 4.90 Å². The van der Waals surface area contributed by atoms with Gasteiger partial charge < -0.3 is 24.2 Å². The summed E-state index contributed by atoms with van der Waals surface area (Å²) in [7, 11) is 0. The lowest BCUT2D eigenvalue weighted by Crippen LogP contribution is -2.41. The van der Waals surface area contributed by atoms with Crippen LogP contribution in [0.1, 0.15) is 40.7 Å². The minimum Gasteiger partial charge on any atom is -0.489 e. The molecular weight excluding hydrogens is 438 g/mol. The molecule has 176 valence electrons. The van der Waals surface area contributed by atoms with Gasteiger partial charge in [-0.15, -0.1) is 0 Å². The SMILES string of the molecule is Cc1noc(C)c1COc1ccc(C(=O)OCC(=O)N2c3ccccc3NC(=O)CC2C)cc1. The minimum absolute atomic E-state index is 0.143. The Kier molecular flexibility index (Phi) is 6.62. The molecule has 9 heteroatoms. The number of hydrogen-bond donors (Lipinski definition) is 1. The van der Waals surface area contributed by atoms with Crippen molar-refractivity contribution in [1.29, 1.82) is 0 Å². The second kappa shape index (κ2) is 9.78. The molecule has 1 unspecified atom stereocenters. The Labute approximate surface area is 196 Å². The number of carbonyl (C=O) groups excluding carboxylic acids is 3. The van der Waals surface area contributed by atoms with Crippen LogP contribution >= 0.6 is 0 Å². The summed E-state index contributed by atoms with van der Waals surface area (Å²) in [5, 5.41) is 6.69. The third kappa shape index (κ3) is 4.93. The summed E-state index contributed by atoms with van der Waals surface area (Å²) in [5.74, 6) is 0.0485. The van der Waals surface area contributed by atoms with E-state index in [1.54, 1.807) is 55.5 Å². The molecule has 1 aromatic heterocycles. The lowest BCUT2D eigenvalue weighted by molar-refractivity contribution is -0.122. The maximum Gasteiger partial charge on any atom is 0.338 e. The van der Waals surface area contributed by atoms with Crippen LogP contribution in [0, 0.1) is 13.8 Å². The van der Waals surface area contributed by atoms with Crippen LogP contribution < -0.4 is 15.0 Å². The first kappa shape index (κ1) is 23.0. The van der Waals surface area contributed by atoms with Crippen LogP contribution in [0.3, 0.4) is 0 Å². The van der Waals surface area contributed by atoms with E-state index in [-0.39, 0.29) is 18.4 Å². The van der Waals surface area contributed by atoms with E-state index in [1.807, 2.05) is 13.8 Å². The van der Waals surface area contributed by atoms with Gasteiger partial charge in [-0.25, -0.2) is 4.79 Å². The van der Waals surface area contributed by atoms with Gasteiger partial charge in [-0.1, -0.05) is 17.3 Å². The summed E-state index contributed by atoms with van der Waals surface area (Å²) < 4.78 is 16.1. The van der Waals surface area contributed by atoms with E-state index >= 15 is 0 Å². The van der Waals surface area contributed by atoms with Crippen LogP contribution in [0.25, 0.3) is 0 Å². The van der Waals surface area contributed by atoms with Gasteiger partial charge in [0.2, 0.25) is 5.91 Å². The van der Waals surface area contributed by atoms with Crippen molar-refractivity contribution in [2.75, 3.05) is 16.8 Å². The first-order valence-electron chi connectivity index (χ1n) is 10.9. The molecule has 34 heavy (non-hydrogen) atoms. The van der Waals surface area contributed by atoms with Gasteiger partial charge in [-0.3, -0.25) is 9.59 Å². The van der Waals surface area contributed by atoms with Gasteiger partial charge in [0, 0.05) is 12.5 Å². The zero-order valence-electron chi connectivity index (χ0n) is 19.2. The monoisotopic (exact) mass is 463 g/mol. The van der Waals surface area contributed by atoms with Crippen molar-refractivity contribution in [3.63, 3.8) is 0 Å². The molecule has 0 radical (unpaired) electrons. The maximum absolute atomic E-state index is 13.0. The molecule has 0 aliphatic carbocycles. The fourth-order valence-corrected chi connectivity index (χ4v) is 3.80. The lowest BCUT2D eigenvalue weighted by Gasteiger charge is -2.27. The number of para-hydroxylation sites is 2. The Bertz CT molecular complexity index is 1200. The van der Waals surface area contributed by atoms with Crippen LogP contribution in [-0.4, -0.2) is 35.6 Å². The fraction of sp³-hybridized carbons (Fsp3) is 0.280. The van der Waals surface area contributed by atoms with Gasteiger partial charge in [-0.05, 0) is 57.2 Å². The molecule has 1 aliphatic heterocycles. The summed E-state index contributed by atoms with van der Waals surface area (Å²) >= 11 is 0. The molecule has 9 nitrogen and oxygen atoms in total. The standard InChI is InChI=1S/C25H25N3O6/c1-15-12-23(29)26-21-6-4-5-7-22(21)28(15)24(30)14-33-25(31)18-8-10-19(11-9-18)32-13-20-16(2)27-34-17(20)3/h4-11,15H,12-14H2,1-3H3,(H,26,29). The largest absolute Gasteiger partial charge is 0.489 e. The second-order valence-electron chi connectivity index (χ2n) is 8.07. The average Bonchev–Trinajstić information content (AvgIpc) is 3.07. The van der Waals surface area contributed by atoms with E-state index in [9.17, 15) is 14.4 Å². The first-order chi connectivity index (χ1) is 16.3. The summed E-state index contributed by atoms with van der Waals surface area (Å²) in [6, 6.07) is 13.1. The molecule has 0 saturated carbocycles. The summed E-state index contributed by atoms with van der Waals surface area (Å²) in [4.78, 5) is 39.0. The van der Waals surface area contributed by atoms with E-state index in [0.717, 1.165) is 11.3 Å². The third-order valence-electron chi connectivity index (χ3n) is 5.61. The number of aryl methyl sites for hydroxylation is 2. The quantitative estimate of drug-likeness (QED) is 0.554. The molecule has 2 aromatic carbocycles. The number of ether oxygens (including phenoxy) is 2. The number of carbonyl (C=O) groups is 3. The highest BCUT2D eigenvalue weighted by molar-refractivity contribution is 6.05. The minimum atomic E-state index is -0.629.